The van der Waals surface area contributed by atoms with Gasteiger partial charge in [0.1, 0.15) is 0 Å². The van der Waals surface area contributed by atoms with Crippen LogP contribution in [0, 0.1) is 3.57 Å². The molecule has 2 aliphatic heterocycles. The van der Waals surface area contributed by atoms with E-state index >= 15 is 0 Å². The average molecular weight is 448 g/mol. The normalized spacial score (nSPS) is 25.1. The predicted molar refractivity (Wildman–Crippen MR) is 95.6 cm³/mol. The van der Waals surface area contributed by atoms with Crippen molar-refractivity contribution in [2.45, 2.75) is 31.4 Å². The number of ether oxygens (including phenoxy) is 2. The highest BCUT2D eigenvalue weighted by molar-refractivity contribution is 14.1. The molecule has 2 atom stereocenters. The topological polar surface area (TPSA) is 81.0 Å². The van der Waals surface area contributed by atoms with Crippen LogP contribution in [-0.2, 0) is 10.3 Å². The number of aliphatic hydroxyl groups is 1. The SMILES string of the molecule is CCN1CC2(CCOC)CC(O)c3c(I)c(=O)c(OC)c(n32)C1=O. The Labute approximate surface area is 153 Å². The minimum Gasteiger partial charge on any atom is -0.491 e. The number of rotatable bonds is 5. The summed E-state index contributed by atoms with van der Waals surface area (Å²) in [4.78, 5) is 27.2. The van der Waals surface area contributed by atoms with Crippen molar-refractivity contribution in [1.82, 2.24) is 9.47 Å². The Morgan fingerprint density at radius 3 is 2.67 bits per heavy atom. The number of hydrogen-bond acceptors (Lipinski definition) is 5. The first-order chi connectivity index (χ1) is 11.4. The summed E-state index contributed by atoms with van der Waals surface area (Å²) < 4.78 is 12.8. The number of aromatic nitrogens is 1. The van der Waals surface area contributed by atoms with Crippen LogP contribution in [0.25, 0.3) is 0 Å². The highest BCUT2D eigenvalue weighted by Crippen LogP contribution is 2.47. The van der Waals surface area contributed by atoms with Gasteiger partial charge in [0.15, 0.2) is 11.4 Å². The van der Waals surface area contributed by atoms with Gasteiger partial charge in [-0.3, -0.25) is 9.59 Å². The lowest BCUT2D eigenvalue weighted by atomic mass is 9.89. The lowest BCUT2D eigenvalue weighted by Gasteiger charge is -2.43. The molecule has 1 N–H and O–H groups in total. The second-order valence-corrected chi connectivity index (χ2v) is 7.33. The van der Waals surface area contributed by atoms with Crippen LogP contribution in [-0.4, -0.2) is 54.4 Å². The van der Waals surface area contributed by atoms with Crippen LogP contribution in [0.3, 0.4) is 0 Å². The standard InChI is InChI=1S/C16H21IN2O5/c1-4-18-8-16(5-6-23-2)7-9(20)11-10(17)13(21)14(24-3)12(15(18)22)19(11)16/h9,20H,4-8H2,1-3H3. The molecule has 7 nitrogen and oxygen atoms in total. The Bertz CT molecular complexity index is 747. The lowest BCUT2D eigenvalue weighted by molar-refractivity contribution is 0.0426. The maximum atomic E-state index is 12.9. The van der Waals surface area contributed by atoms with Gasteiger partial charge in [-0.25, -0.2) is 0 Å². The van der Waals surface area contributed by atoms with Crippen molar-refractivity contribution in [2.75, 3.05) is 33.9 Å². The molecule has 2 aliphatic rings. The van der Waals surface area contributed by atoms with Gasteiger partial charge in [0, 0.05) is 33.2 Å². The van der Waals surface area contributed by atoms with Crippen LogP contribution in [0.5, 0.6) is 5.75 Å². The second kappa shape index (κ2) is 6.30. The summed E-state index contributed by atoms with van der Waals surface area (Å²) in [6.07, 6.45) is 0.318. The van der Waals surface area contributed by atoms with Crippen LogP contribution in [0.1, 0.15) is 42.1 Å². The number of likely N-dealkylation sites (N-methyl/N-ethyl adjacent to an activating group) is 1. The van der Waals surface area contributed by atoms with E-state index in [1.54, 1.807) is 12.0 Å². The van der Waals surface area contributed by atoms with Crippen LogP contribution < -0.4 is 10.2 Å². The van der Waals surface area contributed by atoms with Crippen molar-refractivity contribution in [3.63, 3.8) is 0 Å². The fourth-order valence-corrected chi connectivity index (χ4v) is 4.76. The zero-order valence-electron chi connectivity index (χ0n) is 14.0. The first-order valence-corrected chi connectivity index (χ1v) is 8.99. The number of aliphatic hydroxyl groups excluding tert-OH is 1. The summed E-state index contributed by atoms with van der Waals surface area (Å²) in [5.74, 6) is -0.173. The van der Waals surface area contributed by atoms with Gasteiger partial charge in [-0.05, 0) is 35.9 Å². The van der Waals surface area contributed by atoms with Gasteiger partial charge in [-0.2, -0.15) is 0 Å². The molecule has 3 rings (SSSR count). The molecule has 0 saturated heterocycles. The van der Waals surface area contributed by atoms with Crippen molar-refractivity contribution >= 4 is 28.5 Å². The van der Waals surface area contributed by atoms with Gasteiger partial charge < -0.3 is 24.0 Å². The fourth-order valence-electron chi connectivity index (χ4n) is 3.91. The zero-order valence-corrected chi connectivity index (χ0v) is 16.1. The highest BCUT2D eigenvalue weighted by Gasteiger charge is 2.52. The fraction of sp³-hybridized carbons (Fsp3) is 0.625. The molecule has 1 aromatic rings. The first-order valence-electron chi connectivity index (χ1n) is 7.91. The zero-order chi connectivity index (χ0) is 17.6. The Morgan fingerprint density at radius 1 is 1.38 bits per heavy atom. The van der Waals surface area contributed by atoms with Gasteiger partial charge in [0.2, 0.25) is 5.43 Å². The van der Waals surface area contributed by atoms with Gasteiger partial charge in [-0.15, -0.1) is 0 Å². The van der Waals surface area contributed by atoms with Crippen LogP contribution >= 0.6 is 22.6 Å². The van der Waals surface area contributed by atoms with Crippen molar-refractivity contribution in [2.24, 2.45) is 0 Å². The molecule has 1 amide bonds. The average Bonchev–Trinajstić information content (AvgIpc) is 2.86. The number of methoxy groups -OCH3 is 2. The molecule has 0 aromatic carbocycles. The molecule has 132 valence electrons. The quantitative estimate of drug-likeness (QED) is 0.683. The monoisotopic (exact) mass is 448 g/mol. The van der Waals surface area contributed by atoms with Crippen molar-refractivity contribution in [3.8, 4) is 5.75 Å². The number of amides is 1. The second-order valence-electron chi connectivity index (χ2n) is 6.25. The number of hydrogen-bond donors (Lipinski definition) is 1. The number of carbonyl (C=O) groups excluding carboxylic acids is 1. The molecule has 24 heavy (non-hydrogen) atoms. The number of nitrogens with zero attached hydrogens (tertiary/aromatic N) is 2. The summed E-state index contributed by atoms with van der Waals surface area (Å²) in [5, 5.41) is 10.6. The molecule has 0 saturated carbocycles. The molecule has 8 heteroatoms. The minimum absolute atomic E-state index is 0.0576. The third kappa shape index (κ3) is 2.30. The lowest BCUT2D eigenvalue weighted by Crippen LogP contribution is -2.54. The van der Waals surface area contributed by atoms with Gasteiger partial charge in [0.05, 0.1) is 28.0 Å². The Kier molecular flexibility index (Phi) is 4.65. The molecule has 0 fully saturated rings. The molecule has 2 unspecified atom stereocenters. The van der Waals surface area contributed by atoms with E-state index in [9.17, 15) is 14.7 Å². The molecule has 1 aromatic heterocycles. The Morgan fingerprint density at radius 2 is 2.08 bits per heavy atom. The molecule has 0 bridgehead atoms. The smallest absolute Gasteiger partial charge is 0.274 e. The summed E-state index contributed by atoms with van der Waals surface area (Å²) in [7, 11) is 3.03. The number of pyridine rings is 1. The molecular weight excluding hydrogens is 427 g/mol. The van der Waals surface area contributed by atoms with Crippen molar-refractivity contribution in [1.29, 1.82) is 0 Å². The van der Waals surface area contributed by atoms with Crippen molar-refractivity contribution < 1.29 is 19.4 Å². The summed E-state index contributed by atoms with van der Waals surface area (Å²) in [6, 6.07) is 0. The predicted octanol–water partition coefficient (Wildman–Crippen LogP) is 1.11. The maximum absolute atomic E-state index is 12.9. The minimum atomic E-state index is -0.782. The van der Waals surface area contributed by atoms with E-state index in [0.717, 1.165) is 0 Å². The van der Waals surface area contributed by atoms with Gasteiger partial charge in [0.25, 0.3) is 5.91 Å². The third-order valence-corrected chi connectivity index (χ3v) is 6.05. The van der Waals surface area contributed by atoms with E-state index in [-0.39, 0.29) is 22.8 Å². The summed E-state index contributed by atoms with van der Waals surface area (Å²) in [6.45, 7) is 3.43. The molecule has 0 spiro atoms. The molecular formula is C16H21IN2O5. The Hall–Kier alpha value is -1.13. The number of carbonyl (C=O) groups is 1. The van der Waals surface area contributed by atoms with Crippen LogP contribution in [0.4, 0.5) is 0 Å². The van der Waals surface area contributed by atoms with Gasteiger partial charge in [-0.1, -0.05) is 0 Å². The van der Waals surface area contributed by atoms with Crippen LogP contribution in [0.2, 0.25) is 0 Å². The molecule has 0 radical (unpaired) electrons. The van der Waals surface area contributed by atoms with Gasteiger partial charge >= 0.3 is 0 Å². The summed E-state index contributed by atoms with van der Waals surface area (Å²) in [5.41, 5.74) is -0.0483. The van der Waals surface area contributed by atoms with E-state index in [0.29, 0.717) is 41.8 Å². The molecule has 3 heterocycles. The highest BCUT2D eigenvalue weighted by atomic mass is 127. The van der Waals surface area contributed by atoms with Crippen LogP contribution in [0.15, 0.2) is 4.79 Å². The van der Waals surface area contributed by atoms with E-state index in [1.807, 2.05) is 34.1 Å². The van der Waals surface area contributed by atoms with E-state index in [4.69, 9.17) is 9.47 Å². The van der Waals surface area contributed by atoms with Crippen molar-refractivity contribution in [3.05, 3.63) is 25.2 Å². The first kappa shape index (κ1) is 17.7. The van der Waals surface area contributed by atoms with E-state index < -0.39 is 11.6 Å². The number of halogens is 1. The van der Waals surface area contributed by atoms with E-state index in [2.05, 4.69) is 0 Å². The maximum Gasteiger partial charge on any atom is 0.274 e. The Balaban J connectivity index is 2.36. The summed E-state index contributed by atoms with van der Waals surface area (Å²) >= 11 is 1.94. The third-order valence-electron chi connectivity index (χ3n) is 5.01. The molecule has 0 aliphatic carbocycles. The largest absolute Gasteiger partial charge is 0.491 e. The van der Waals surface area contributed by atoms with E-state index in [1.165, 1.54) is 7.11 Å².